The Balaban J connectivity index is 1.26. The van der Waals surface area contributed by atoms with Gasteiger partial charge in [0.05, 0.1) is 23.1 Å². The van der Waals surface area contributed by atoms with Gasteiger partial charge in [0.2, 0.25) is 5.91 Å². The van der Waals surface area contributed by atoms with Crippen molar-refractivity contribution >= 4 is 28.5 Å². The first-order valence-corrected chi connectivity index (χ1v) is 11.3. The molecule has 0 saturated carbocycles. The summed E-state index contributed by atoms with van der Waals surface area (Å²) in [5.41, 5.74) is 3.04. The largest absolute Gasteiger partial charge is 0.445 e. The van der Waals surface area contributed by atoms with Gasteiger partial charge >= 0.3 is 0 Å². The van der Waals surface area contributed by atoms with E-state index in [2.05, 4.69) is 9.97 Å². The number of piperidine rings is 1. The molecule has 0 spiro atoms. The van der Waals surface area contributed by atoms with Crippen LogP contribution < -0.4 is 0 Å². The number of aryl methyl sites for hydroxylation is 1. The number of benzene rings is 2. The van der Waals surface area contributed by atoms with E-state index in [0.717, 1.165) is 58.5 Å². The number of imidazole rings is 1. The van der Waals surface area contributed by atoms with Crippen LogP contribution in [0.25, 0.3) is 11.0 Å². The lowest BCUT2D eigenvalue weighted by Crippen LogP contribution is -2.41. The minimum absolute atomic E-state index is 0.105. The van der Waals surface area contributed by atoms with Crippen molar-refractivity contribution in [2.24, 2.45) is 0 Å². The van der Waals surface area contributed by atoms with Gasteiger partial charge in [-0.05, 0) is 49.6 Å². The fourth-order valence-electron chi connectivity index (χ4n) is 4.43. The SMILES string of the molecule is Cc1nc2ccccc2n1CC(=O)N1CCC[C@H](c2ncc(Cc3ccc(Cl)cc3)o2)C1. The molecule has 0 N–H and O–H groups in total. The maximum atomic E-state index is 13.1. The number of fused-ring (bicyclic) bond motifs is 1. The zero-order chi connectivity index (χ0) is 22.1. The number of carbonyl (C=O) groups is 1. The third-order valence-corrected chi connectivity index (χ3v) is 6.38. The summed E-state index contributed by atoms with van der Waals surface area (Å²) in [6, 6.07) is 15.7. The van der Waals surface area contributed by atoms with E-state index in [0.29, 0.717) is 19.5 Å². The number of oxazole rings is 1. The second kappa shape index (κ2) is 8.79. The standard InChI is InChI=1S/C25H25ClN4O2/c1-17-28-22-6-2-3-7-23(22)30(17)16-24(31)29-12-4-5-19(15-29)25-27-14-21(32-25)13-18-8-10-20(26)11-9-18/h2-3,6-11,14,19H,4-5,12-13,15-16H2,1H3/t19-/m0/s1. The maximum Gasteiger partial charge on any atom is 0.242 e. The van der Waals surface area contributed by atoms with E-state index < -0.39 is 0 Å². The number of hydrogen-bond acceptors (Lipinski definition) is 4. The first-order chi connectivity index (χ1) is 15.6. The predicted octanol–water partition coefficient (Wildman–Crippen LogP) is 4.98. The van der Waals surface area contributed by atoms with Gasteiger partial charge in [0, 0.05) is 24.5 Å². The Bertz CT molecular complexity index is 1240. The van der Waals surface area contributed by atoms with Gasteiger partial charge in [-0.15, -0.1) is 0 Å². The molecule has 1 fully saturated rings. The lowest BCUT2D eigenvalue weighted by molar-refractivity contribution is -0.133. The average Bonchev–Trinajstić information content (AvgIpc) is 3.40. The van der Waals surface area contributed by atoms with E-state index in [4.69, 9.17) is 16.0 Å². The van der Waals surface area contributed by atoms with Gasteiger partial charge in [-0.3, -0.25) is 4.79 Å². The molecule has 3 heterocycles. The van der Waals surface area contributed by atoms with Crippen LogP contribution in [0.15, 0.2) is 59.1 Å². The molecular formula is C25H25ClN4O2. The zero-order valence-corrected chi connectivity index (χ0v) is 18.8. The van der Waals surface area contributed by atoms with E-state index in [-0.39, 0.29) is 11.8 Å². The molecule has 1 saturated heterocycles. The minimum atomic E-state index is 0.105. The normalized spacial score (nSPS) is 16.6. The Morgan fingerprint density at radius 2 is 2.00 bits per heavy atom. The molecule has 1 aliphatic heterocycles. The van der Waals surface area contributed by atoms with E-state index in [1.807, 2.05) is 64.9 Å². The smallest absolute Gasteiger partial charge is 0.242 e. The molecule has 1 aliphatic rings. The number of carbonyl (C=O) groups excluding carboxylic acids is 1. The van der Waals surface area contributed by atoms with E-state index in [1.54, 1.807) is 6.20 Å². The van der Waals surface area contributed by atoms with Crippen LogP contribution in [0.5, 0.6) is 0 Å². The quantitative estimate of drug-likeness (QED) is 0.431. The summed E-state index contributed by atoms with van der Waals surface area (Å²) in [5, 5.41) is 0.720. The molecule has 7 heteroatoms. The Kier molecular flexibility index (Phi) is 5.70. The van der Waals surface area contributed by atoms with Gasteiger partial charge in [0.25, 0.3) is 0 Å². The van der Waals surface area contributed by atoms with Crippen LogP contribution in [-0.2, 0) is 17.8 Å². The van der Waals surface area contributed by atoms with Crippen LogP contribution in [0, 0.1) is 6.92 Å². The van der Waals surface area contributed by atoms with Gasteiger partial charge in [0.1, 0.15) is 18.1 Å². The van der Waals surface area contributed by atoms with Crippen molar-refractivity contribution in [3.8, 4) is 0 Å². The van der Waals surface area contributed by atoms with Crippen LogP contribution in [0.3, 0.4) is 0 Å². The molecule has 0 radical (unpaired) electrons. The number of amides is 1. The highest BCUT2D eigenvalue weighted by Gasteiger charge is 2.28. The van der Waals surface area contributed by atoms with Crippen LogP contribution in [0.1, 0.15) is 41.8 Å². The Labute approximate surface area is 191 Å². The molecule has 2 aromatic carbocycles. The summed E-state index contributed by atoms with van der Waals surface area (Å²) in [7, 11) is 0. The summed E-state index contributed by atoms with van der Waals surface area (Å²) in [5.74, 6) is 2.62. The molecule has 4 aromatic rings. The van der Waals surface area contributed by atoms with E-state index >= 15 is 0 Å². The minimum Gasteiger partial charge on any atom is -0.445 e. The third-order valence-electron chi connectivity index (χ3n) is 6.13. The summed E-state index contributed by atoms with van der Waals surface area (Å²) in [4.78, 5) is 24.2. The lowest BCUT2D eigenvalue weighted by atomic mass is 9.98. The summed E-state index contributed by atoms with van der Waals surface area (Å²) < 4.78 is 8.07. The number of para-hydroxylation sites is 2. The number of rotatable bonds is 5. The second-order valence-corrected chi connectivity index (χ2v) is 8.82. The van der Waals surface area contributed by atoms with E-state index in [1.165, 1.54) is 0 Å². The first kappa shape index (κ1) is 20.8. The second-order valence-electron chi connectivity index (χ2n) is 8.38. The monoisotopic (exact) mass is 448 g/mol. The highest BCUT2D eigenvalue weighted by atomic mass is 35.5. The van der Waals surface area contributed by atoms with Gasteiger partial charge in [-0.1, -0.05) is 35.9 Å². The number of aromatic nitrogens is 3. The highest BCUT2D eigenvalue weighted by Crippen LogP contribution is 2.28. The summed E-state index contributed by atoms with van der Waals surface area (Å²) >= 11 is 5.97. The zero-order valence-electron chi connectivity index (χ0n) is 18.0. The Hall–Kier alpha value is -3.12. The molecule has 1 amide bonds. The number of hydrogen-bond donors (Lipinski definition) is 0. The van der Waals surface area contributed by atoms with Crippen molar-refractivity contribution in [1.29, 1.82) is 0 Å². The molecule has 0 aliphatic carbocycles. The molecule has 1 atom stereocenters. The van der Waals surface area contributed by atoms with Crippen molar-refractivity contribution < 1.29 is 9.21 Å². The number of halogens is 1. The van der Waals surface area contributed by atoms with E-state index in [9.17, 15) is 4.79 Å². The summed E-state index contributed by atoms with van der Waals surface area (Å²) in [6.07, 6.45) is 4.38. The molecule has 0 unspecified atom stereocenters. The van der Waals surface area contributed by atoms with Gasteiger partial charge in [0.15, 0.2) is 5.89 Å². The van der Waals surface area contributed by atoms with Crippen molar-refractivity contribution in [3.05, 3.63) is 82.8 Å². The third kappa shape index (κ3) is 4.28. The lowest BCUT2D eigenvalue weighted by Gasteiger charge is -2.31. The highest BCUT2D eigenvalue weighted by molar-refractivity contribution is 6.30. The Morgan fingerprint density at radius 3 is 2.84 bits per heavy atom. The fraction of sp³-hybridized carbons (Fsp3) is 0.320. The van der Waals surface area contributed by atoms with Crippen molar-refractivity contribution in [2.75, 3.05) is 13.1 Å². The first-order valence-electron chi connectivity index (χ1n) is 11.0. The van der Waals surface area contributed by atoms with Crippen LogP contribution in [-0.4, -0.2) is 38.4 Å². The summed E-state index contributed by atoms with van der Waals surface area (Å²) in [6.45, 7) is 3.64. The van der Waals surface area contributed by atoms with Crippen LogP contribution >= 0.6 is 11.6 Å². The van der Waals surface area contributed by atoms with Crippen molar-refractivity contribution in [1.82, 2.24) is 19.4 Å². The molecule has 5 rings (SSSR count). The number of nitrogens with zero attached hydrogens (tertiary/aromatic N) is 4. The Morgan fingerprint density at radius 1 is 1.19 bits per heavy atom. The fourth-order valence-corrected chi connectivity index (χ4v) is 4.56. The van der Waals surface area contributed by atoms with Crippen LogP contribution in [0.4, 0.5) is 0 Å². The maximum absolute atomic E-state index is 13.1. The molecular weight excluding hydrogens is 424 g/mol. The van der Waals surface area contributed by atoms with Crippen LogP contribution in [0.2, 0.25) is 5.02 Å². The van der Waals surface area contributed by atoms with Gasteiger partial charge in [-0.2, -0.15) is 0 Å². The number of likely N-dealkylation sites (tertiary alicyclic amines) is 1. The van der Waals surface area contributed by atoms with Gasteiger partial charge < -0.3 is 13.9 Å². The predicted molar refractivity (Wildman–Crippen MR) is 124 cm³/mol. The molecule has 2 aromatic heterocycles. The molecule has 32 heavy (non-hydrogen) atoms. The van der Waals surface area contributed by atoms with Gasteiger partial charge in [-0.25, -0.2) is 9.97 Å². The molecule has 6 nitrogen and oxygen atoms in total. The topological polar surface area (TPSA) is 64.2 Å². The van der Waals surface area contributed by atoms with Crippen molar-refractivity contribution in [3.63, 3.8) is 0 Å². The molecule has 164 valence electrons. The van der Waals surface area contributed by atoms with Crippen molar-refractivity contribution in [2.45, 2.75) is 38.6 Å². The average molecular weight is 449 g/mol. The molecule has 0 bridgehead atoms.